The van der Waals surface area contributed by atoms with Gasteiger partial charge in [0.1, 0.15) is 12.4 Å². The topological polar surface area (TPSA) is 40.6 Å². The highest BCUT2D eigenvalue weighted by atomic mass is 35.5. The van der Waals surface area contributed by atoms with E-state index >= 15 is 0 Å². The van der Waals surface area contributed by atoms with Gasteiger partial charge in [-0.25, -0.2) is 0 Å². The molecule has 5 nitrogen and oxygen atoms in total. The van der Waals surface area contributed by atoms with Crippen molar-refractivity contribution in [2.24, 2.45) is 0 Å². The van der Waals surface area contributed by atoms with E-state index in [-0.39, 0.29) is 5.75 Å². The number of rotatable bonds is 8. The molecule has 6 rings (SSSR count). The lowest BCUT2D eigenvalue weighted by atomic mass is 10.1. The summed E-state index contributed by atoms with van der Waals surface area (Å²) in [6.07, 6.45) is -3.41. The molecule has 3 heterocycles. The average Bonchev–Trinajstić information content (AvgIpc) is 3.50. The molecular weight excluding hydrogens is 537 g/mol. The summed E-state index contributed by atoms with van der Waals surface area (Å²) in [4.78, 5) is 9.37. The molecule has 2 bridgehead atoms. The third-order valence-electron chi connectivity index (χ3n) is 7.80. The van der Waals surface area contributed by atoms with Gasteiger partial charge in [0.05, 0.1) is 11.1 Å². The number of pyridine rings is 1. The van der Waals surface area contributed by atoms with Crippen molar-refractivity contribution in [3.05, 3.63) is 94.6 Å². The van der Waals surface area contributed by atoms with E-state index in [0.717, 1.165) is 65.4 Å². The van der Waals surface area contributed by atoms with Crippen LogP contribution in [0, 0.1) is 6.92 Å². The number of aryl methyl sites for hydroxylation is 1. The van der Waals surface area contributed by atoms with Crippen molar-refractivity contribution >= 4 is 33.9 Å². The quantitative estimate of drug-likeness (QED) is 0.242. The van der Waals surface area contributed by atoms with Gasteiger partial charge in [0, 0.05) is 71.8 Å². The van der Waals surface area contributed by atoms with E-state index in [1.807, 2.05) is 55.5 Å². The number of fused-ring (bicyclic) bond motifs is 3. The van der Waals surface area contributed by atoms with Crippen LogP contribution in [0.1, 0.15) is 23.2 Å². The number of para-hydroxylation sites is 1. The van der Waals surface area contributed by atoms with Crippen LogP contribution >= 0.6 is 11.6 Å². The molecule has 208 valence electrons. The summed E-state index contributed by atoms with van der Waals surface area (Å²) < 4.78 is 47.2. The molecule has 1 aromatic heterocycles. The summed E-state index contributed by atoms with van der Waals surface area (Å²) in [7, 11) is 0. The molecular formula is C31H30ClF3N4O. The van der Waals surface area contributed by atoms with Crippen LogP contribution in [0.3, 0.4) is 0 Å². The number of hydrogen-bond donors (Lipinski definition) is 1. The molecule has 2 aliphatic heterocycles. The maximum Gasteiger partial charge on any atom is 0.416 e. The van der Waals surface area contributed by atoms with E-state index in [0.29, 0.717) is 36.6 Å². The molecule has 0 saturated carbocycles. The van der Waals surface area contributed by atoms with Crippen molar-refractivity contribution < 1.29 is 17.9 Å². The number of aromatic nitrogens is 1. The van der Waals surface area contributed by atoms with E-state index in [9.17, 15) is 13.2 Å². The second-order valence-electron chi connectivity index (χ2n) is 10.6. The van der Waals surface area contributed by atoms with Crippen LogP contribution in [-0.4, -0.2) is 53.1 Å². The Hall–Kier alpha value is -3.33. The molecule has 2 saturated heterocycles. The number of nitrogens with one attached hydrogen (secondary N) is 1. The van der Waals surface area contributed by atoms with Crippen LogP contribution < -0.4 is 10.1 Å². The maximum atomic E-state index is 13.8. The minimum atomic E-state index is -4.49. The first kappa shape index (κ1) is 26.9. The molecule has 2 atom stereocenters. The number of piperazine rings is 1. The number of alkyl halides is 3. The molecule has 4 aromatic rings. The van der Waals surface area contributed by atoms with Crippen molar-refractivity contribution in [3.63, 3.8) is 0 Å². The van der Waals surface area contributed by atoms with Crippen LogP contribution in [0.15, 0.2) is 72.8 Å². The summed E-state index contributed by atoms with van der Waals surface area (Å²) in [6.45, 7) is 5.53. The minimum absolute atomic E-state index is 0.192. The Kier molecular flexibility index (Phi) is 7.33. The van der Waals surface area contributed by atoms with Crippen LogP contribution in [-0.2, 0) is 12.7 Å². The Morgan fingerprint density at radius 1 is 0.975 bits per heavy atom. The fraction of sp³-hybridized carbons (Fsp3) is 0.323. The lowest BCUT2D eigenvalue weighted by molar-refractivity contribution is -0.137. The highest BCUT2D eigenvalue weighted by Crippen LogP contribution is 2.37. The Morgan fingerprint density at radius 2 is 1.73 bits per heavy atom. The third kappa shape index (κ3) is 5.75. The first-order chi connectivity index (χ1) is 19.2. The van der Waals surface area contributed by atoms with Crippen molar-refractivity contribution in [3.8, 4) is 5.75 Å². The van der Waals surface area contributed by atoms with Gasteiger partial charge < -0.3 is 10.1 Å². The molecule has 9 heteroatoms. The van der Waals surface area contributed by atoms with Crippen LogP contribution in [0.4, 0.5) is 24.5 Å². The van der Waals surface area contributed by atoms with Crippen LogP contribution in [0.2, 0.25) is 5.02 Å². The summed E-state index contributed by atoms with van der Waals surface area (Å²) in [6, 6.07) is 22.0. The Morgan fingerprint density at radius 3 is 2.50 bits per heavy atom. The predicted molar refractivity (Wildman–Crippen MR) is 152 cm³/mol. The highest BCUT2D eigenvalue weighted by molar-refractivity contribution is 6.31. The minimum Gasteiger partial charge on any atom is -0.492 e. The molecule has 0 radical (unpaired) electrons. The molecule has 1 N–H and O–H groups in total. The standard InChI is InChI=1S/C31H30ClF3N4O/c1-20-12-30(27-7-3-5-9-29(27)36-20)37-23-13-22(31(33,34)35)14-26(15-23)40-11-10-38-18-25-16-24(38)19-39(25)17-21-6-2-4-8-28(21)32/h2-9,12-15,24-25H,10-11,16-19H2,1H3,(H,36,37)/t24?,25-/m0/s1. The van der Waals surface area contributed by atoms with Gasteiger partial charge in [-0.15, -0.1) is 0 Å². The highest BCUT2D eigenvalue weighted by Gasteiger charge is 2.42. The third-order valence-corrected chi connectivity index (χ3v) is 8.17. The number of benzene rings is 3. The van der Waals surface area contributed by atoms with Gasteiger partial charge in [0.25, 0.3) is 0 Å². The van der Waals surface area contributed by atoms with Crippen molar-refractivity contribution in [2.45, 2.75) is 38.1 Å². The zero-order chi connectivity index (χ0) is 27.9. The van der Waals surface area contributed by atoms with E-state index in [4.69, 9.17) is 16.3 Å². The monoisotopic (exact) mass is 566 g/mol. The fourth-order valence-electron chi connectivity index (χ4n) is 5.91. The zero-order valence-electron chi connectivity index (χ0n) is 22.1. The molecule has 3 aromatic carbocycles. The number of ether oxygens (including phenoxy) is 1. The Labute approximate surface area is 236 Å². The number of halogens is 4. The molecule has 2 aliphatic rings. The summed E-state index contributed by atoms with van der Waals surface area (Å²) in [5.74, 6) is 0.192. The fourth-order valence-corrected chi connectivity index (χ4v) is 6.11. The van der Waals surface area contributed by atoms with E-state index in [1.165, 1.54) is 0 Å². The molecule has 1 unspecified atom stereocenters. The number of nitrogens with zero attached hydrogens (tertiary/aromatic N) is 3. The second-order valence-corrected chi connectivity index (χ2v) is 11.0. The maximum absolute atomic E-state index is 13.8. The summed E-state index contributed by atoms with van der Waals surface area (Å²) in [5, 5.41) is 4.80. The van der Waals surface area contributed by atoms with Crippen molar-refractivity contribution in [1.82, 2.24) is 14.8 Å². The van der Waals surface area contributed by atoms with Gasteiger partial charge in [-0.1, -0.05) is 48.0 Å². The van der Waals surface area contributed by atoms with Gasteiger partial charge in [0.2, 0.25) is 0 Å². The number of hydrogen-bond acceptors (Lipinski definition) is 5. The van der Waals surface area contributed by atoms with Gasteiger partial charge in [-0.2, -0.15) is 13.2 Å². The number of likely N-dealkylation sites (tertiary alicyclic amines) is 2. The van der Waals surface area contributed by atoms with Gasteiger partial charge in [0.15, 0.2) is 0 Å². The lowest BCUT2D eigenvalue weighted by Crippen LogP contribution is -2.47. The first-order valence-electron chi connectivity index (χ1n) is 13.4. The van der Waals surface area contributed by atoms with Crippen molar-refractivity contribution in [2.75, 3.05) is 31.6 Å². The van der Waals surface area contributed by atoms with Gasteiger partial charge in [-0.05, 0) is 49.2 Å². The Balaban J connectivity index is 1.11. The molecule has 2 fully saturated rings. The zero-order valence-corrected chi connectivity index (χ0v) is 22.8. The van der Waals surface area contributed by atoms with Gasteiger partial charge in [-0.3, -0.25) is 14.8 Å². The number of anilines is 2. The van der Waals surface area contributed by atoms with Crippen LogP contribution in [0.5, 0.6) is 5.75 Å². The molecule has 0 aliphatic carbocycles. The largest absolute Gasteiger partial charge is 0.492 e. The van der Waals surface area contributed by atoms with E-state index in [1.54, 1.807) is 6.07 Å². The normalized spacial score (nSPS) is 19.4. The van der Waals surface area contributed by atoms with Crippen molar-refractivity contribution in [1.29, 1.82) is 0 Å². The summed E-state index contributed by atoms with van der Waals surface area (Å²) in [5.41, 5.74) is 2.95. The average molecular weight is 567 g/mol. The SMILES string of the molecule is Cc1cc(Nc2cc(OCCN3C[C@@H]4CC3CN4Cc3ccccc3Cl)cc(C(F)(F)F)c2)c2ccccc2n1. The predicted octanol–water partition coefficient (Wildman–Crippen LogP) is 7.30. The molecule has 0 spiro atoms. The second kappa shape index (κ2) is 10.9. The van der Waals surface area contributed by atoms with Crippen LogP contribution in [0.25, 0.3) is 10.9 Å². The molecule has 40 heavy (non-hydrogen) atoms. The molecule has 0 amide bonds. The smallest absolute Gasteiger partial charge is 0.416 e. The summed E-state index contributed by atoms with van der Waals surface area (Å²) >= 11 is 6.36. The van der Waals surface area contributed by atoms with E-state index in [2.05, 4.69) is 26.2 Å². The first-order valence-corrected chi connectivity index (χ1v) is 13.8. The Bertz CT molecular complexity index is 1530. The lowest BCUT2D eigenvalue weighted by Gasteiger charge is -2.34. The van der Waals surface area contributed by atoms with E-state index < -0.39 is 11.7 Å². The van der Waals surface area contributed by atoms with Gasteiger partial charge >= 0.3 is 6.18 Å².